The maximum Gasteiger partial charge on any atom is 0.0383 e. The smallest absolute Gasteiger partial charge is 0.0383 e. The van der Waals surface area contributed by atoms with Crippen LogP contribution in [0.1, 0.15) is 18.0 Å². The Morgan fingerprint density at radius 2 is 2.18 bits per heavy atom. The number of nitrogens with one attached hydrogen (secondary N) is 1. The van der Waals surface area contributed by atoms with Gasteiger partial charge in [-0.2, -0.15) is 0 Å². The van der Waals surface area contributed by atoms with Crippen LogP contribution in [-0.4, -0.2) is 31.1 Å². The van der Waals surface area contributed by atoms with E-state index in [1.807, 2.05) is 6.08 Å². The number of hydrogen-bond donors (Lipinski definition) is 1. The van der Waals surface area contributed by atoms with E-state index in [1.165, 1.54) is 9.13 Å². The summed E-state index contributed by atoms with van der Waals surface area (Å²) in [5.41, 5.74) is 1.42. The molecule has 0 amide bonds. The Morgan fingerprint density at radius 3 is 2.82 bits per heavy atom. The highest BCUT2D eigenvalue weighted by Gasteiger charge is 2.20. The fourth-order valence-electron chi connectivity index (χ4n) is 2.36. The molecule has 92 valence electrons. The zero-order chi connectivity index (χ0) is 12.1. The molecule has 3 heteroatoms. The van der Waals surface area contributed by atoms with Gasteiger partial charge in [0.2, 0.25) is 0 Å². The number of rotatable bonds is 4. The monoisotopic (exact) mass is 342 g/mol. The van der Waals surface area contributed by atoms with Gasteiger partial charge in [-0.25, -0.2) is 0 Å². The second-order valence-electron chi connectivity index (χ2n) is 4.38. The molecule has 0 bridgehead atoms. The minimum Gasteiger partial charge on any atom is -0.314 e. The second-order valence-corrected chi connectivity index (χ2v) is 5.63. The molecule has 1 N–H and O–H groups in total. The molecule has 17 heavy (non-hydrogen) atoms. The summed E-state index contributed by atoms with van der Waals surface area (Å²) in [5.74, 6) is 0. The van der Waals surface area contributed by atoms with Gasteiger partial charge in [0.15, 0.2) is 0 Å². The topological polar surface area (TPSA) is 15.3 Å². The molecule has 1 aromatic carbocycles. The molecule has 0 radical (unpaired) electrons. The molecule has 1 saturated heterocycles. The molecule has 0 aliphatic carbocycles. The van der Waals surface area contributed by atoms with Gasteiger partial charge in [-0.3, -0.25) is 4.90 Å². The highest BCUT2D eigenvalue weighted by atomic mass is 127. The molecule has 1 heterocycles. The number of nitrogens with zero attached hydrogens (tertiary/aromatic N) is 1. The minimum absolute atomic E-state index is 0.490. The number of hydrogen-bond acceptors (Lipinski definition) is 2. The van der Waals surface area contributed by atoms with Gasteiger partial charge in [-0.15, -0.1) is 6.58 Å². The Bertz CT molecular complexity index is 372. The fourth-order valence-corrected chi connectivity index (χ4v) is 2.93. The normalized spacial score (nSPS) is 18.9. The predicted molar refractivity (Wildman–Crippen MR) is 81.2 cm³/mol. The molecule has 1 fully saturated rings. The molecular formula is C14H19IN2. The summed E-state index contributed by atoms with van der Waals surface area (Å²) >= 11 is 2.38. The molecule has 1 atom stereocenters. The lowest BCUT2D eigenvalue weighted by molar-refractivity contribution is 0.174. The summed E-state index contributed by atoms with van der Waals surface area (Å²) in [6.45, 7) is 8.35. The zero-order valence-corrected chi connectivity index (χ0v) is 12.2. The van der Waals surface area contributed by atoms with Crippen LogP contribution in [0.15, 0.2) is 36.9 Å². The van der Waals surface area contributed by atoms with E-state index in [2.05, 4.69) is 63.7 Å². The van der Waals surface area contributed by atoms with Gasteiger partial charge in [0.1, 0.15) is 0 Å². The lowest BCUT2D eigenvalue weighted by Crippen LogP contribution is -2.45. The molecule has 2 rings (SSSR count). The Labute approximate surface area is 117 Å². The van der Waals surface area contributed by atoms with E-state index in [0.29, 0.717) is 6.04 Å². The van der Waals surface area contributed by atoms with Crippen LogP contribution in [0.25, 0.3) is 0 Å². The van der Waals surface area contributed by atoms with E-state index in [4.69, 9.17) is 0 Å². The van der Waals surface area contributed by atoms with Crippen molar-refractivity contribution in [2.45, 2.75) is 12.5 Å². The molecule has 0 unspecified atom stereocenters. The van der Waals surface area contributed by atoms with Gasteiger partial charge in [-0.1, -0.05) is 18.2 Å². The van der Waals surface area contributed by atoms with Crippen molar-refractivity contribution in [3.8, 4) is 0 Å². The maximum atomic E-state index is 3.90. The average Bonchev–Trinajstić information content (AvgIpc) is 2.37. The number of benzene rings is 1. The van der Waals surface area contributed by atoms with E-state index in [-0.39, 0.29) is 0 Å². The van der Waals surface area contributed by atoms with Crippen LogP contribution in [0.3, 0.4) is 0 Å². The standard InChI is InChI=1S/C14H19IN2/c1-2-4-14(17-9-7-16-8-10-17)12-5-3-6-13(15)11-12/h2-3,5-6,11,14,16H,1,4,7-10H2/t14-/m1/s1. The predicted octanol–water partition coefficient (Wildman–Crippen LogP) is 2.81. The Kier molecular flexibility index (Phi) is 5.00. The van der Waals surface area contributed by atoms with Gasteiger partial charge in [0, 0.05) is 35.8 Å². The molecule has 0 saturated carbocycles. The van der Waals surface area contributed by atoms with Crippen LogP contribution in [0.4, 0.5) is 0 Å². The number of piperazine rings is 1. The fraction of sp³-hybridized carbons (Fsp3) is 0.429. The molecule has 2 nitrogen and oxygen atoms in total. The van der Waals surface area contributed by atoms with Crippen molar-refractivity contribution >= 4 is 22.6 Å². The van der Waals surface area contributed by atoms with Crippen molar-refractivity contribution in [2.75, 3.05) is 26.2 Å². The van der Waals surface area contributed by atoms with E-state index in [0.717, 1.165) is 32.6 Å². The first-order valence-corrected chi connectivity index (χ1v) is 7.20. The Hall–Kier alpha value is -0.390. The molecule has 0 aromatic heterocycles. The Balaban J connectivity index is 2.18. The first-order chi connectivity index (χ1) is 8.31. The van der Waals surface area contributed by atoms with Crippen LogP contribution in [-0.2, 0) is 0 Å². The lowest BCUT2D eigenvalue weighted by atomic mass is 10.0. The van der Waals surface area contributed by atoms with Crippen LogP contribution >= 0.6 is 22.6 Å². The lowest BCUT2D eigenvalue weighted by Gasteiger charge is -2.34. The largest absolute Gasteiger partial charge is 0.314 e. The average molecular weight is 342 g/mol. The van der Waals surface area contributed by atoms with Crippen molar-refractivity contribution in [1.82, 2.24) is 10.2 Å². The van der Waals surface area contributed by atoms with Crippen molar-refractivity contribution in [2.24, 2.45) is 0 Å². The highest BCUT2D eigenvalue weighted by molar-refractivity contribution is 14.1. The van der Waals surface area contributed by atoms with E-state index < -0.39 is 0 Å². The second kappa shape index (κ2) is 6.52. The quantitative estimate of drug-likeness (QED) is 0.669. The van der Waals surface area contributed by atoms with E-state index in [1.54, 1.807) is 0 Å². The number of halogens is 1. The third-order valence-electron chi connectivity index (χ3n) is 3.22. The van der Waals surface area contributed by atoms with Crippen molar-refractivity contribution in [3.63, 3.8) is 0 Å². The van der Waals surface area contributed by atoms with Crippen molar-refractivity contribution < 1.29 is 0 Å². The third kappa shape index (κ3) is 3.53. The molecule has 0 spiro atoms. The first-order valence-electron chi connectivity index (χ1n) is 6.12. The van der Waals surface area contributed by atoms with E-state index >= 15 is 0 Å². The van der Waals surface area contributed by atoms with Gasteiger partial charge < -0.3 is 5.32 Å². The zero-order valence-electron chi connectivity index (χ0n) is 10.0. The highest BCUT2D eigenvalue weighted by Crippen LogP contribution is 2.26. The summed E-state index contributed by atoms with van der Waals surface area (Å²) < 4.78 is 1.31. The third-order valence-corrected chi connectivity index (χ3v) is 3.89. The molecule has 1 aliphatic heterocycles. The first kappa shape index (κ1) is 13.1. The summed E-state index contributed by atoms with van der Waals surface area (Å²) in [7, 11) is 0. The maximum absolute atomic E-state index is 3.90. The van der Waals surface area contributed by atoms with E-state index in [9.17, 15) is 0 Å². The van der Waals surface area contributed by atoms with Gasteiger partial charge >= 0.3 is 0 Å². The minimum atomic E-state index is 0.490. The summed E-state index contributed by atoms with van der Waals surface area (Å²) in [6.07, 6.45) is 3.06. The summed E-state index contributed by atoms with van der Waals surface area (Å²) in [6, 6.07) is 9.31. The summed E-state index contributed by atoms with van der Waals surface area (Å²) in [4.78, 5) is 2.56. The molecular weight excluding hydrogens is 323 g/mol. The molecule has 1 aliphatic rings. The van der Waals surface area contributed by atoms with Crippen LogP contribution in [0.5, 0.6) is 0 Å². The van der Waals surface area contributed by atoms with Crippen LogP contribution < -0.4 is 5.32 Å². The van der Waals surface area contributed by atoms with Gasteiger partial charge in [-0.05, 0) is 46.7 Å². The van der Waals surface area contributed by atoms with Crippen LogP contribution in [0.2, 0.25) is 0 Å². The van der Waals surface area contributed by atoms with Crippen molar-refractivity contribution in [3.05, 3.63) is 46.1 Å². The summed E-state index contributed by atoms with van der Waals surface area (Å²) in [5, 5.41) is 3.41. The van der Waals surface area contributed by atoms with Crippen LogP contribution in [0, 0.1) is 3.57 Å². The van der Waals surface area contributed by atoms with Gasteiger partial charge in [0.05, 0.1) is 0 Å². The Morgan fingerprint density at radius 1 is 1.41 bits per heavy atom. The van der Waals surface area contributed by atoms with Crippen molar-refractivity contribution in [1.29, 1.82) is 0 Å². The SMILES string of the molecule is C=CC[C@H](c1cccc(I)c1)N1CCNCC1. The molecule has 1 aromatic rings. The van der Waals surface area contributed by atoms with Gasteiger partial charge in [0.25, 0.3) is 0 Å².